The summed E-state index contributed by atoms with van der Waals surface area (Å²) in [5.74, 6) is 0. The van der Waals surface area contributed by atoms with Crippen molar-refractivity contribution in [3.63, 3.8) is 0 Å². The number of hydrogen-bond acceptors (Lipinski definition) is 3. The van der Waals surface area contributed by atoms with Gasteiger partial charge in [-0.3, -0.25) is 4.90 Å². The van der Waals surface area contributed by atoms with Crippen LogP contribution in [-0.4, -0.2) is 35.8 Å². The van der Waals surface area contributed by atoms with Gasteiger partial charge in [-0.2, -0.15) is 0 Å². The van der Waals surface area contributed by atoms with Crippen LogP contribution in [0, 0.1) is 0 Å². The van der Waals surface area contributed by atoms with E-state index in [1.807, 2.05) is 20.8 Å². The van der Waals surface area contributed by atoms with Gasteiger partial charge in [0.2, 0.25) is 0 Å². The third-order valence-corrected chi connectivity index (χ3v) is 2.65. The molecule has 0 aromatic heterocycles. The molecule has 1 fully saturated rings. The molecule has 1 unspecified atom stereocenters. The van der Waals surface area contributed by atoms with Crippen LogP contribution in [0.15, 0.2) is 0 Å². The molecule has 0 spiro atoms. The van der Waals surface area contributed by atoms with E-state index < -0.39 is 5.60 Å². The summed E-state index contributed by atoms with van der Waals surface area (Å²) >= 11 is 0. The number of carbonyl (C=O) groups excluding carboxylic acids is 1. The summed E-state index contributed by atoms with van der Waals surface area (Å²) in [4.78, 5) is 13.9. The van der Waals surface area contributed by atoms with Crippen LogP contribution in [0.3, 0.4) is 0 Å². The van der Waals surface area contributed by atoms with Crippen LogP contribution >= 0.6 is 0 Å². The van der Waals surface area contributed by atoms with E-state index in [-0.39, 0.29) is 12.3 Å². The van der Waals surface area contributed by atoms with Gasteiger partial charge in [-0.25, -0.2) is 4.79 Å². The third kappa shape index (κ3) is 4.39. The maximum Gasteiger partial charge on any atom is 0.408 e. The molecular weight excluding hydrogens is 204 g/mol. The second-order valence-electron chi connectivity index (χ2n) is 5.31. The number of carbonyl (C=O) groups is 1. The first-order chi connectivity index (χ1) is 7.42. The van der Waals surface area contributed by atoms with Gasteiger partial charge in [-0.1, -0.05) is 6.92 Å². The number of ether oxygens (including phenoxy) is 1. The number of amides is 1. The van der Waals surface area contributed by atoms with Crippen molar-refractivity contribution >= 4 is 6.09 Å². The molecule has 4 heteroatoms. The summed E-state index contributed by atoms with van der Waals surface area (Å²) < 4.78 is 5.25. The third-order valence-electron chi connectivity index (χ3n) is 2.65. The fourth-order valence-corrected chi connectivity index (χ4v) is 1.95. The molecule has 1 saturated heterocycles. The molecule has 0 aromatic carbocycles. The summed E-state index contributed by atoms with van der Waals surface area (Å²) in [5, 5.41) is 2.93. The number of alkyl carbamates (subject to hydrolysis) is 1. The zero-order valence-electron chi connectivity index (χ0n) is 10.9. The van der Waals surface area contributed by atoms with E-state index in [1.54, 1.807) is 0 Å². The SMILES string of the molecule is CCC(NC(=O)OC(C)(C)C)N1CCCC1. The van der Waals surface area contributed by atoms with Crippen molar-refractivity contribution in [1.29, 1.82) is 0 Å². The average Bonchev–Trinajstić information content (AvgIpc) is 2.63. The lowest BCUT2D eigenvalue weighted by Gasteiger charge is -2.28. The van der Waals surface area contributed by atoms with E-state index in [0.717, 1.165) is 19.5 Å². The van der Waals surface area contributed by atoms with Gasteiger partial charge in [0.15, 0.2) is 0 Å². The largest absolute Gasteiger partial charge is 0.444 e. The molecule has 94 valence electrons. The number of rotatable bonds is 3. The second kappa shape index (κ2) is 5.53. The fourth-order valence-electron chi connectivity index (χ4n) is 1.95. The van der Waals surface area contributed by atoms with Crippen molar-refractivity contribution in [3.8, 4) is 0 Å². The first kappa shape index (κ1) is 13.3. The fraction of sp³-hybridized carbons (Fsp3) is 0.917. The Morgan fingerprint density at radius 2 is 1.94 bits per heavy atom. The lowest BCUT2D eigenvalue weighted by atomic mass is 10.2. The number of likely N-dealkylation sites (tertiary alicyclic amines) is 1. The van der Waals surface area contributed by atoms with Gasteiger partial charge in [-0.15, -0.1) is 0 Å². The van der Waals surface area contributed by atoms with Gasteiger partial charge in [-0.05, 0) is 40.0 Å². The number of hydrogen-bond donors (Lipinski definition) is 1. The van der Waals surface area contributed by atoms with E-state index in [1.165, 1.54) is 12.8 Å². The highest BCUT2D eigenvalue weighted by molar-refractivity contribution is 5.68. The Bertz CT molecular complexity index is 230. The minimum atomic E-state index is -0.423. The highest BCUT2D eigenvalue weighted by Crippen LogP contribution is 2.13. The van der Waals surface area contributed by atoms with Crippen LogP contribution in [0.5, 0.6) is 0 Å². The maximum absolute atomic E-state index is 11.6. The smallest absolute Gasteiger partial charge is 0.408 e. The molecule has 0 aromatic rings. The van der Waals surface area contributed by atoms with Gasteiger partial charge in [0, 0.05) is 13.1 Å². The summed E-state index contributed by atoms with van der Waals surface area (Å²) in [5.41, 5.74) is -0.423. The first-order valence-corrected chi connectivity index (χ1v) is 6.16. The van der Waals surface area contributed by atoms with Crippen LogP contribution in [0.2, 0.25) is 0 Å². The molecule has 4 nitrogen and oxygen atoms in total. The van der Waals surface area contributed by atoms with Crippen LogP contribution in [-0.2, 0) is 4.74 Å². The van der Waals surface area contributed by atoms with Gasteiger partial charge < -0.3 is 10.1 Å². The van der Waals surface area contributed by atoms with Gasteiger partial charge >= 0.3 is 6.09 Å². The lowest BCUT2D eigenvalue weighted by Crippen LogP contribution is -2.48. The predicted molar refractivity (Wildman–Crippen MR) is 64.3 cm³/mol. The van der Waals surface area contributed by atoms with E-state index in [2.05, 4.69) is 17.1 Å². The Morgan fingerprint density at radius 3 is 2.38 bits per heavy atom. The molecule has 0 saturated carbocycles. The van der Waals surface area contributed by atoms with Gasteiger partial charge in [0.1, 0.15) is 5.60 Å². The van der Waals surface area contributed by atoms with E-state index in [0.29, 0.717) is 0 Å². The zero-order chi connectivity index (χ0) is 12.2. The van der Waals surface area contributed by atoms with Crippen molar-refractivity contribution in [2.75, 3.05) is 13.1 Å². The normalized spacial score (nSPS) is 19.5. The van der Waals surface area contributed by atoms with Crippen LogP contribution in [0.4, 0.5) is 4.79 Å². The molecule has 16 heavy (non-hydrogen) atoms. The van der Waals surface area contributed by atoms with E-state index >= 15 is 0 Å². The van der Waals surface area contributed by atoms with Crippen molar-refractivity contribution in [3.05, 3.63) is 0 Å². The molecule has 0 bridgehead atoms. The Kier molecular flexibility index (Phi) is 4.59. The molecule has 0 aliphatic carbocycles. The molecule has 1 rings (SSSR count). The molecule has 1 aliphatic heterocycles. The Labute approximate surface area is 98.3 Å². The highest BCUT2D eigenvalue weighted by atomic mass is 16.6. The van der Waals surface area contributed by atoms with Crippen LogP contribution in [0.25, 0.3) is 0 Å². The summed E-state index contributed by atoms with van der Waals surface area (Å²) in [6, 6.07) is 0. The molecule has 1 amide bonds. The summed E-state index contributed by atoms with van der Waals surface area (Å²) in [6.45, 7) is 9.87. The minimum absolute atomic E-state index is 0.123. The molecule has 1 N–H and O–H groups in total. The lowest BCUT2D eigenvalue weighted by molar-refractivity contribution is 0.0431. The number of nitrogens with one attached hydrogen (secondary N) is 1. The minimum Gasteiger partial charge on any atom is -0.444 e. The molecule has 0 radical (unpaired) electrons. The summed E-state index contributed by atoms with van der Waals surface area (Å²) in [6.07, 6.45) is 3.18. The zero-order valence-corrected chi connectivity index (χ0v) is 10.9. The monoisotopic (exact) mass is 228 g/mol. The van der Waals surface area contributed by atoms with Crippen molar-refractivity contribution in [2.45, 2.75) is 58.7 Å². The Morgan fingerprint density at radius 1 is 1.38 bits per heavy atom. The Hall–Kier alpha value is -0.770. The van der Waals surface area contributed by atoms with Crippen molar-refractivity contribution < 1.29 is 9.53 Å². The molecule has 1 heterocycles. The van der Waals surface area contributed by atoms with Crippen LogP contribution in [0.1, 0.15) is 47.0 Å². The van der Waals surface area contributed by atoms with Crippen molar-refractivity contribution in [1.82, 2.24) is 10.2 Å². The molecule has 1 atom stereocenters. The average molecular weight is 228 g/mol. The van der Waals surface area contributed by atoms with Gasteiger partial charge in [0.05, 0.1) is 6.17 Å². The standard InChI is InChI=1S/C12H24N2O2/c1-5-10(14-8-6-7-9-14)13-11(15)16-12(2,3)4/h10H,5-9H2,1-4H3,(H,13,15). The quantitative estimate of drug-likeness (QED) is 0.806. The second-order valence-corrected chi connectivity index (χ2v) is 5.31. The van der Waals surface area contributed by atoms with E-state index in [4.69, 9.17) is 4.74 Å². The van der Waals surface area contributed by atoms with Crippen molar-refractivity contribution in [2.24, 2.45) is 0 Å². The van der Waals surface area contributed by atoms with Crippen LogP contribution < -0.4 is 5.32 Å². The topological polar surface area (TPSA) is 41.6 Å². The number of nitrogens with zero attached hydrogens (tertiary/aromatic N) is 1. The Balaban J connectivity index is 2.40. The summed E-state index contributed by atoms with van der Waals surface area (Å²) in [7, 11) is 0. The highest BCUT2D eigenvalue weighted by Gasteiger charge is 2.24. The molecular formula is C12H24N2O2. The molecule has 1 aliphatic rings. The van der Waals surface area contributed by atoms with E-state index in [9.17, 15) is 4.79 Å². The first-order valence-electron chi connectivity index (χ1n) is 6.16. The predicted octanol–water partition coefficient (Wildman–Crippen LogP) is 2.34. The van der Waals surface area contributed by atoms with Gasteiger partial charge in [0.25, 0.3) is 0 Å². The maximum atomic E-state index is 11.6.